The highest BCUT2D eigenvalue weighted by atomic mass is 32.2. The average Bonchev–Trinajstić information content (AvgIpc) is 2.91. The lowest BCUT2D eigenvalue weighted by Gasteiger charge is -2.29. The highest BCUT2D eigenvalue weighted by Crippen LogP contribution is 2.45. The molecule has 0 bridgehead atoms. The number of carbonyl (C=O) groups excluding carboxylic acids is 1. The minimum Gasteiger partial charge on any atom is -0.396 e. The van der Waals surface area contributed by atoms with Crippen molar-refractivity contribution in [2.45, 2.75) is 61.6 Å². The molecule has 2 N–H and O–H groups in total. The molecule has 0 unspecified atom stereocenters. The van der Waals surface area contributed by atoms with E-state index >= 15 is 0 Å². The van der Waals surface area contributed by atoms with Crippen LogP contribution in [0.5, 0.6) is 0 Å². The molecular weight excluding hydrogens is 282 g/mol. The quantitative estimate of drug-likeness (QED) is 0.848. The Morgan fingerprint density at radius 3 is 2.52 bits per heavy atom. The minimum atomic E-state index is -0.334. The van der Waals surface area contributed by atoms with Crippen LogP contribution in [0.4, 0.5) is 0 Å². The summed E-state index contributed by atoms with van der Waals surface area (Å²) >= 11 is 1.70. The van der Waals surface area contributed by atoms with E-state index in [1.54, 1.807) is 11.8 Å². The Kier molecular flexibility index (Phi) is 5.71. The molecule has 1 saturated carbocycles. The fraction of sp³-hybridized carbons (Fsp3) is 0.588. The van der Waals surface area contributed by atoms with Gasteiger partial charge in [-0.1, -0.05) is 30.5 Å². The molecule has 1 aliphatic carbocycles. The summed E-state index contributed by atoms with van der Waals surface area (Å²) in [6.45, 7) is 4.13. The predicted molar refractivity (Wildman–Crippen MR) is 87.5 cm³/mol. The van der Waals surface area contributed by atoms with Gasteiger partial charge in [-0.2, -0.15) is 0 Å². The van der Waals surface area contributed by atoms with E-state index in [-0.39, 0.29) is 23.3 Å². The fourth-order valence-electron chi connectivity index (χ4n) is 2.77. The first kappa shape index (κ1) is 16.4. The van der Waals surface area contributed by atoms with Crippen molar-refractivity contribution in [1.29, 1.82) is 0 Å². The number of carbonyl (C=O) groups is 1. The molecule has 0 radical (unpaired) electrons. The van der Waals surface area contributed by atoms with E-state index in [0.29, 0.717) is 6.42 Å². The highest BCUT2D eigenvalue weighted by molar-refractivity contribution is 8.01. The van der Waals surface area contributed by atoms with E-state index in [1.807, 2.05) is 6.92 Å². The number of aliphatic hydroxyl groups is 1. The van der Waals surface area contributed by atoms with Gasteiger partial charge in [0.05, 0.1) is 4.75 Å². The predicted octanol–water partition coefficient (Wildman–Crippen LogP) is 3.29. The van der Waals surface area contributed by atoms with Crippen molar-refractivity contribution in [3.63, 3.8) is 0 Å². The first-order chi connectivity index (χ1) is 10.1. The maximum absolute atomic E-state index is 12.7. The van der Waals surface area contributed by atoms with Crippen LogP contribution in [0.15, 0.2) is 29.2 Å². The Hall–Kier alpha value is -1.00. The van der Waals surface area contributed by atoms with Gasteiger partial charge in [-0.05, 0) is 45.2 Å². The number of hydrogen-bond acceptors (Lipinski definition) is 3. The summed E-state index contributed by atoms with van der Waals surface area (Å²) in [5, 5.41) is 12.1. The van der Waals surface area contributed by atoms with Crippen LogP contribution in [0.1, 0.15) is 44.6 Å². The molecule has 0 heterocycles. The van der Waals surface area contributed by atoms with Crippen LogP contribution in [0.25, 0.3) is 0 Å². The van der Waals surface area contributed by atoms with Gasteiger partial charge in [-0.3, -0.25) is 4.79 Å². The zero-order valence-corrected chi connectivity index (χ0v) is 13.7. The number of hydrogen-bond donors (Lipinski definition) is 2. The molecule has 1 fully saturated rings. The van der Waals surface area contributed by atoms with Gasteiger partial charge in [-0.25, -0.2) is 0 Å². The van der Waals surface area contributed by atoms with Crippen molar-refractivity contribution in [3.8, 4) is 0 Å². The number of aliphatic hydroxyl groups excluding tert-OH is 1. The van der Waals surface area contributed by atoms with Crippen LogP contribution in [0.2, 0.25) is 0 Å². The maximum atomic E-state index is 12.7. The largest absolute Gasteiger partial charge is 0.396 e. The second-order valence-corrected chi connectivity index (χ2v) is 7.46. The molecule has 0 aliphatic heterocycles. The number of benzene rings is 1. The lowest BCUT2D eigenvalue weighted by atomic mass is 10.1. The Morgan fingerprint density at radius 2 is 1.95 bits per heavy atom. The summed E-state index contributed by atoms with van der Waals surface area (Å²) in [6, 6.07) is 8.42. The van der Waals surface area contributed by atoms with Crippen LogP contribution in [-0.2, 0) is 4.79 Å². The van der Waals surface area contributed by atoms with Gasteiger partial charge >= 0.3 is 0 Å². The number of amides is 1. The Balaban J connectivity index is 2.09. The van der Waals surface area contributed by atoms with Gasteiger partial charge in [0.25, 0.3) is 0 Å². The third-order valence-corrected chi connectivity index (χ3v) is 5.59. The van der Waals surface area contributed by atoms with Crippen molar-refractivity contribution in [2.75, 3.05) is 6.61 Å². The van der Waals surface area contributed by atoms with Crippen LogP contribution < -0.4 is 5.32 Å². The lowest BCUT2D eigenvalue weighted by Crippen LogP contribution is -2.46. The van der Waals surface area contributed by atoms with Crippen molar-refractivity contribution >= 4 is 17.7 Å². The summed E-state index contributed by atoms with van der Waals surface area (Å²) in [6.07, 6.45) is 4.70. The molecule has 1 aromatic rings. The fourth-order valence-corrected chi connectivity index (χ4v) is 4.14. The summed E-state index contributed by atoms with van der Waals surface area (Å²) in [4.78, 5) is 13.9. The first-order valence-corrected chi connectivity index (χ1v) is 8.55. The second kappa shape index (κ2) is 7.32. The van der Waals surface area contributed by atoms with Gasteiger partial charge < -0.3 is 10.4 Å². The summed E-state index contributed by atoms with van der Waals surface area (Å²) in [7, 11) is 0. The standard InChI is InChI=1S/C17H25NO2S/c1-13-5-7-15(8-6-13)21-17(10-3-4-11-17)16(20)18-14(2)9-12-19/h5-8,14,19H,3-4,9-12H2,1-2H3,(H,18,20)/t14-/m1/s1. The van der Waals surface area contributed by atoms with Gasteiger partial charge in [0.15, 0.2) is 0 Å². The van der Waals surface area contributed by atoms with Crippen LogP contribution in [0.3, 0.4) is 0 Å². The molecule has 0 spiro atoms. The molecular formula is C17H25NO2S. The SMILES string of the molecule is Cc1ccc(SC2(C(=O)N[C@H](C)CCO)CCCC2)cc1. The van der Waals surface area contributed by atoms with Gasteiger partial charge in [0.2, 0.25) is 5.91 Å². The zero-order valence-electron chi connectivity index (χ0n) is 12.9. The van der Waals surface area contributed by atoms with Crippen molar-refractivity contribution in [3.05, 3.63) is 29.8 Å². The number of rotatable bonds is 6. The molecule has 0 aromatic heterocycles. The van der Waals surface area contributed by atoms with Crippen LogP contribution >= 0.6 is 11.8 Å². The Morgan fingerprint density at radius 1 is 1.33 bits per heavy atom. The molecule has 3 nitrogen and oxygen atoms in total. The van der Waals surface area contributed by atoms with Crippen molar-refractivity contribution in [2.24, 2.45) is 0 Å². The average molecular weight is 307 g/mol. The summed E-state index contributed by atoms with van der Waals surface area (Å²) in [5.74, 6) is 0.131. The van der Waals surface area contributed by atoms with Crippen molar-refractivity contribution in [1.82, 2.24) is 5.32 Å². The number of aryl methyl sites for hydroxylation is 1. The summed E-state index contributed by atoms with van der Waals surface area (Å²) in [5.41, 5.74) is 1.24. The molecule has 1 aliphatic rings. The molecule has 1 aromatic carbocycles. The van der Waals surface area contributed by atoms with E-state index in [4.69, 9.17) is 5.11 Å². The van der Waals surface area contributed by atoms with E-state index < -0.39 is 0 Å². The van der Waals surface area contributed by atoms with E-state index in [2.05, 4.69) is 36.5 Å². The van der Waals surface area contributed by atoms with Gasteiger partial charge in [-0.15, -0.1) is 11.8 Å². The van der Waals surface area contributed by atoms with Gasteiger partial charge in [0.1, 0.15) is 0 Å². The topological polar surface area (TPSA) is 49.3 Å². The third-order valence-electron chi connectivity index (χ3n) is 4.10. The van der Waals surface area contributed by atoms with Crippen LogP contribution in [-0.4, -0.2) is 28.4 Å². The number of thioether (sulfide) groups is 1. The third kappa shape index (κ3) is 4.24. The number of nitrogens with one attached hydrogen (secondary N) is 1. The Labute approximate surface area is 131 Å². The smallest absolute Gasteiger partial charge is 0.236 e. The Bertz CT molecular complexity index is 466. The van der Waals surface area contributed by atoms with E-state index in [1.165, 1.54) is 5.56 Å². The summed E-state index contributed by atoms with van der Waals surface area (Å²) < 4.78 is -0.334. The maximum Gasteiger partial charge on any atom is 0.236 e. The van der Waals surface area contributed by atoms with E-state index in [0.717, 1.165) is 30.6 Å². The molecule has 4 heteroatoms. The molecule has 2 rings (SSSR count). The molecule has 116 valence electrons. The monoisotopic (exact) mass is 307 g/mol. The second-order valence-electron chi connectivity index (χ2n) is 6.00. The van der Waals surface area contributed by atoms with Crippen LogP contribution in [0, 0.1) is 6.92 Å². The highest BCUT2D eigenvalue weighted by Gasteiger charge is 2.42. The van der Waals surface area contributed by atoms with E-state index in [9.17, 15) is 4.79 Å². The minimum absolute atomic E-state index is 0.0265. The molecule has 1 amide bonds. The zero-order chi connectivity index (χ0) is 15.3. The molecule has 21 heavy (non-hydrogen) atoms. The first-order valence-electron chi connectivity index (χ1n) is 7.73. The molecule has 0 saturated heterocycles. The van der Waals surface area contributed by atoms with Crippen molar-refractivity contribution < 1.29 is 9.90 Å². The van der Waals surface area contributed by atoms with Gasteiger partial charge in [0, 0.05) is 17.5 Å². The normalized spacial score (nSPS) is 18.4. The molecule has 1 atom stereocenters. The lowest BCUT2D eigenvalue weighted by molar-refractivity contribution is -0.124.